The van der Waals surface area contributed by atoms with Gasteiger partial charge < -0.3 is 10.4 Å². The summed E-state index contributed by atoms with van der Waals surface area (Å²) in [5, 5.41) is 13.7. The number of rotatable bonds is 2. The number of benzene rings is 1. The molecule has 2 N–H and O–H groups in total. The van der Waals surface area contributed by atoms with E-state index < -0.39 is 0 Å². The van der Waals surface area contributed by atoms with Crippen LogP contribution in [0.15, 0.2) is 24.3 Å². The Morgan fingerprint density at radius 3 is 2.19 bits per heavy atom. The minimum Gasteiger partial charge on any atom is -0.508 e. The Labute approximate surface area is 125 Å². The van der Waals surface area contributed by atoms with E-state index >= 15 is 0 Å². The third kappa shape index (κ3) is 1.82. The van der Waals surface area contributed by atoms with Gasteiger partial charge in [-0.3, -0.25) is 4.79 Å². The first-order valence-corrected chi connectivity index (χ1v) is 8.16. The average molecular weight is 285 g/mol. The van der Waals surface area contributed by atoms with Crippen molar-refractivity contribution in [2.75, 3.05) is 0 Å². The Bertz CT molecular complexity index is 552. The standard InChI is InChI=1S/C18H23NO2/c1-11(20)19-18(16-4-2-3-5-17(16)21)14-7-12-6-13(9-14)10-15(18)8-12/h2-5,12-15,21H,6-10H2,1H3,(H,19,20). The van der Waals surface area contributed by atoms with Crippen LogP contribution in [-0.2, 0) is 10.3 Å². The molecule has 1 aromatic rings. The first-order chi connectivity index (χ1) is 10.1. The van der Waals surface area contributed by atoms with Crippen LogP contribution >= 0.6 is 0 Å². The van der Waals surface area contributed by atoms with Crippen molar-refractivity contribution < 1.29 is 9.90 Å². The second-order valence-corrected chi connectivity index (χ2v) is 7.37. The van der Waals surface area contributed by atoms with Gasteiger partial charge in [-0.1, -0.05) is 18.2 Å². The lowest BCUT2D eigenvalue weighted by molar-refractivity contribution is -0.131. The first kappa shape index (κ1) is 13.2. The van der Waals surface area contributed by atoms with E-state index in [1.165, 1.54) is 32.1 Å². The van der Waals surface area contributed by atoms with E-state index in [2.05, 4.69) is 5.32 Å². The highest BCUT2D eigenvalue weighted by atomic mass is 16.3. The van der Waals surface area contributed by atoms with Crippen molar-refractivity contribution >= 4 is 5.91 Å². The van der Waals surface area contributed by atoms with Crippen LogP contribution in [-0.4, -0.2) is 11.0 Å². The molecular weight excluding hydrogens is 262 g/mol. The van der Waals surface area contributed by atoms with Gasteiger partial charge in [0, 0.05) is 12.5 Å². The van der Waals surface area contributed by atoms with E-state index in [0.29, 0.717) is 17.6 Å². The van der Waals surface area contributed by atoms with Gasteiger partial charge in [-0.2, -0.15) is 0 Å². The van der Waals surface area contributed by atoms with E-state index in [1.54, 1.807) is 13.0 Å². The van der Waals surface area contributed by atoms with Crippen LogP contribution in [0, 0.1) is 23.7 Å². The van der Waals surface area contributed by atoms with E-state index in [9.17, 15) is 9.90 Å². The number of carbonyl (C=O) groups excluding carboxylic acids is 1. The zero-order valence-corrected chi connectivity index (χ0v) is 12.5. The summed E-state index contributed by atoms with van der Waals surface area (Å²) in [6, 6.07) is 7.59. The molecule has 0 atom stereocenters. The minimum atomic E-state index is -0.343. The Balaban J connectivity index is 1.85. The lowest BCUT2D eigenvalue weighted by Gasteiger charge is -2.61. The molecule has 4 aliphatic rings. The van der Waals surface area contributed by atoms with Crippen molar-refractivity contribution in [1.29, 1.82) is 0 Å². The second-order valence-electron chi connectivity index (χ2n) is 7.37. The van der Waals surface area contributed by atoms with Gasteiger partial charge in [0.15, 0.2) is 0 Å². The molecule has 112 valence electrons. The zero-order valence-electron chi connectivity index (χ0n) is 12.5. The maximum atomic E-state index is 11.9. The monoisotopic (exact) mass is 285 g/mol. The zero-order chi connectivity index (χ0) is 14.6. The van der Waals surface area contributed by atoms with Crippen LogP contribution in [0.4, 0.5) is 0 Å². The van der Waals surface area contributed by atoms with Gasteiger partial charge in [-0.05, 0) is 61.8 Å². The normalized spacial score (nSPS) is 40.2. The Morgan fingerprint density at radius 1 is 1.10 bits per heavy atom. The van der Waals surface area contributed by atoms with Crippen molar-refractivity contribution in [2.45, 2.75) is 44.6 Å². The number of hydrogen-bond acceptors (Lipinski definition) is 2. The Hall–Kier alpha value is -1.51. The third-order valence-electron chi connectivity index (χ3n) is 6.16. The van der Waals surface area contributed by atoms with Crippen LogP contribution in [0.3, 0.4) is 0 Å². The van der Waals surface area contributed by atoms with Gasteiger partial charge >= 0.3 is 0 Å². The quantitative estimate of drug-likeness (QED) is 0.877. The van der Waals surface area contributed by atoms with E-state index in [0.717, 1.165) is 17.4 Å². The summed E-state index contributed by atoms with van der Waals surface area (Å²) in [6.07, 6.45) is 6.16. The maximum Gasteiger partial charge on any atom is 0.217 e. The Morgan fingerprint density at radius 2 is 1.67 bits per heavy atom. The van der Waals surface area contributed by atoms with Gasteiger partial charge in [0.1, 0.15) is 5.75 Å². The number of aromatic hydroxyl groups is 1. The molecule has 0 saturated heterocycles. The summed E-state index contributed by atoms with van der Waals surface area (Å²) in [4.78, 5) is 11.9. The van der Waals surface area contributed by atoms with Gasteiger partial charge in [0.05, 0.1) is 5.54 Å². The van der Waals surface area contributed by atoms with Crippen molar-refractivity contribution in [3.63, 3.8) is 0 Å². The van der Waals surface area contributed by atoms with E-state index in [1.807, 2.05) is 18.2 Å². The molecule has 4 saturated carbocycles. The van der Waals surface area contributed by atoms with Gasteiger partial charge in [0.25, 0.3) is 0 Å². The highest BCUT2D eigenvalue weighted by molar-refractivity contribution is 5.74. The predicted octanol–water partition coefficient (Wildman–Crippen LogP) is 3.18. The molecular formula is C18H23NO2. The summed E-state index contributed by atoms with van der Waals surface area (Å²) in [6.45, 7) is 1.60. The van der Waals surface area contributed by atoms with Crippen LogP contribution < -0.4 is 5.32 Å². The number of phenols is 1. The summed E-state index contributed by atoms with van der Waals surface area (Å²) >= 11 is 0. The topological polar surface area (TPSA) is 49.3 Å². The van der Waals surface area contributed by atoms with Crippen molar-refractivity contribution in [3.05, 3.63) is 29.8 Å². The molecule has 4 fully saturated rings. The molecule has 0 spiro atoms. The Kier molecular flexibility index (Phi) is 2.82. The third-order valence-corrected chi connectivity index (χ3v) is 6.16. The van der Waals surface area contributed by atoms with Crippen molar-refractivity contribution in [3.8, 4) is 5.75 Å². The molecule has 3 nitrogen and oxygen atoms in total. The number of para-hydroxylation sites is 1. The van der Waals surface area contributed by atoms with Crippen LogP contribution in [0.25, 0.3) is 0 Å². The number of carbonyl (C=O) groups is 1. The van der Waals surface area contributed by atoms with E-state index in [4.69, 9.17) is 0 Å². The molecule has 4 bridgehead atoms. The molecule has 0 aromatic heterocycles. The first-order valence-electron chi connectivity index (χ1n) is 8.16. The molecule has 0 aliphatic heterocycles. The SMILES string of the molecule is CC(=O)NC1(c2ccccc2O)C2CC3CC(C2)CC1C3. The molecule has 4 aliphatic carbocycles. The molecule has 0 radical (unpaired) electrons. The number of phenolic OH excluding ortho intramolecular Hbond substituents is 1. The minimum absolute atomic E-state index is 0.0192. The molecule has 1 amide bonds. The average Bonchev–Trinajstić information content (AvgIpc) is 2.42. The van der Waals surface area contributed by atoms with Crippen LogP contribution in [0.1, 0.15) is 44.6 Å². The smallest absolute Gasteiger partial charge is 0.217 e. The lowest BCUT2D eigenvalue weighted by Crippen LogP contribution is -2.63. The summed E-state index contributed by atoms with van der Waals surface area (Å²) < 4.78 is 0. The summed E-state index contributed by atoms with van der Waals surface area (Å²) in [7, 11) is 0. The van der Waals surface area contributed by atoms with Crippen LogP contribution in [0.2, 0.25) is 0 Å². The van der Waals surface area contributed by atoms with Gasteiger partial charge in [0.2, 0.25) is 5.91 Å². The fourth-order valence-corrected chi connectivity index (χ4v) is 5.75. The van der Waals surface area contributed by atoms with E-state index in [-0.39, 0.29) is 11.4 Å². The van der Waals surface area contributed by atoms with Crippen LogP contribution in [0.5, 0.6) is 5.75 Å². The molecule has 0 unspecified atom stereocenters. The largest absolute Gasteiger partial charge is 0.508 e. The van der Waals surface area contributed by atoms with Crippen molar-refractivity contribution in [2.24, 2.45) is 23.7 Å². The molecule has 0 heterocycles. The fraction of sp³-hybridized carbons (Fsp3) is 0.611. The summed E-state index contributed by atoms with van der Waals surface area (Å²) in [5.74, 6) is 2.97. The lowest BCUT2D eigenvalue weighted by atomic mass is 9.47. The number of nitrogens with one attached hydrogen (secondary N) is 1. The summed E-state index contributed by atoms with van der Waals surface area (Å²) in [5.41, 5.74) is 0.596. The predicted molar refractivity (Wildman–Crippen MR) is 80.6 cm³/mol. The highest BCUT2D eigenvalue weighted by Gasteiger charge is 2.59. The van der Waals surface area contributed by atoms with Gasteiger partial charge in [-0.15, -0.1) is 0 Å². The number of hydrogen-bond donors (Lipinski definition) is 2. The molecule has 21 heavy (non-hydrogen) atoms. The van der Waals surface area contributed by atoms with Gasteiger partial charge in [-0.25, -0.2) is 0 Å². The fourth-order valence-electron chi connectivity index (χ4n) is 5.75. The second kappa shape index (κ2) is 4.49. The molecule has 3 heteroatoms. The molecule has 5 rings (SSSR count). The maximum absolute atomic E-state index is 11.9. The number of amides is 1. The molecule has 1 aromatic carbocycles. The highest BCUT2D eigenvalue weighted by Crippen LogP contribution is 2.62. The van der Waals surface area contributed by atoms with Crippen molar-refractivity contribution in [1.82, 2.24) is 5.32 Å².